The van der Waals surface area contributed by atoms with Crippen molar-refractivity contribution in [1.29, 1.82) is 0 Å². The zero-order valence-electron chi connectivity index (χ0n) is 9.69. The van der Waals surface area contributed by atoms with E-state index in [4.69, 9.17) is 4.55 Å². The van der Waals surface area contributed by atoms with E-state index in [1.54, 1.807) is 6.92 Å². The minimum absolute atomic E-state index is 0.214. The van der Waals surface area contributed by atoms with Crippen LogP contribution in [0.15, 0.2) is 12.2 Å². The van der Waals surface area contributed by atoms with E-state index in [2.05, 4.69) is 11.9 Å². The predicted molar refractivity (Wildman–Crippen MR) is 62.7 cm³/mol. The van der Waals surface area contributed by atoms with Gasteiger partial charge in [0.2, 0.25) is 5.91 Å². The highest BCUT2D eigenvalue weighted by molar-refractivity contribution is 7.85. The Morgan fingerprint density at radius 1 is 1.44 bits per heavy atom. The van der Waals surface area contributed by atoms with Crippen molar-refractivity contribution in [3.8, 4) is 0 Å². The van der Waals surface area contributed by atoms with Crippen LogP contribution in [-0.2, 0) is 14.9 Å². The van der Waals surface area contributed by atoms with Crippen molar-refractivity contribution in [3.63, 3.8) is 0 Å². The van der Waals surface area contributed by atoms with Crippen LogP contribution >= 0.6 is 0 Å². The molecule has 0 radical (unpaired) electrons. The Labute approximate surface area is 96.7 Å². The van der Waals surface area contributed by atoms with Crippen molar-refractivity contribution < 1.29 is 17.8 Å². The Morgan fingerprint density at radius 3 is 2.38 bits per heavy atom. The van der Waals surface area contributed by atoms with Gasteiger partial charge in [-0.25, -0.2) is 0 Å². The Hall–Kier alpha value is -0.880. The van der Waals surface area contributed by atoms with Crippen LogP contribution in [0.5, 0.6) is 0 Å². The Bertz CT molecular complexity index is 348. The fraction of sp³-hybridized carbons (Fsp3) is 0.700. The minimum atomic E-state index is -3.97. The van der Waals surface area contributed by atoms with Gasteiger partial charge in [0.1, 0.15) is 0 Å². The maximum Gasteiger partial charge on any atom is 0.264 e. The first-order valence-electron chi connectivity index (χ1n) is 5.17. The van der Waals surface area contributed by atoms with Gasteiger partial charge in [0.05, 0.1) is 5.75 Å². The largest absolute Gasteiger partial charge is 0.350 e. The van der Waals surface area contributed by atoms with Gasteiger partial charge < -0.3 is 5.32 Å². The number of hydrogen-bond acceptors (Lipinski definition) is 3. The van der Waals surface area contributed by atoms with Crippen molar-refractivity contribution >= 4 is 16.0 Å². The average molecular weight is 249 g/mol. The number of carbonyl (C=O) groups excluding carboxylic acids is 1. The van der Waals surface area contributed by atoms with Crippen LogP contribution in [0.4, 0.5) is 0 Å². The third-order valence-electron chi connectivity index (χ3n) is 2.08. The first-order valence-corrected chi connectivity index (χ1v) is 6.78. The molecule has 1 amide bonds. The van der Waals surface area contributed by atoms with E-state index in [1.807, 2.05) is 6.92 Å². The maximum absolute atomic E-state index is 11.3. The molecular formula is C10H19NO4S. The first-order chi connectivity index (χ1) is 7.26. The van der Waals surface area contributed by atoms with E-state index >= 15 is 0 Å². The lowest BCUT2D eigenvalue weighted by Crippen LogP contribution is -2.36. The molecule has 5 nitrogen and oxygen atoms in total. The van der Waals surface area contributed by atoms with Gasteiger partial charge in [-0.05, 0) is 19.8 Å². The van der Waals surface area contributed by atoms with Gasteiger partial charge in [0, 0.05) is 11.6 Å². The second-order valence-corrected chi connectivity index (χ2v) is 5.39. The summed E-state index contributed by atoms with van der Waals surface area (Å²) in [5.74, 6) is -0.623. The second-order valence-electron chi connectivity index (χ2n) is 3.81. The zero-order chi connectivity index (χ0) is 12.8. The molecule has 0 bridgehead atoms. The number of carbonyl (C=O) groups is 1. The van der Waals surface area contributed by atoms with E-state index in [1.165, 1.54) is 0 Å². The van der Waals surface area contributed by atoms with Crippen molar-refractivity contribution in [3.05, 3.63) is 12.2 Å². The Morgan fingerprint density at radius 2 is 2.00 bits per heavy atom. The molecule has 0 spiro atoms. The molecule has 0 saturated heterocycles. The van der Waals surface area contributed by atoms with E-state index in [0.29, 0.717) is 12.0 Å². The molecule has 2 N–H and O–H groups in total. The highest BCUT2D eigenvalue weighted by Gasteiger charge is 2.15. The molecule has 0 aromatic carbocycles. The molecule has 0 aromatic heterocycles. The highest BCUT2D eigenvalue weighted by atomic mass is 32.2. The number of hydrogen-bond donors (Lipinski definition) is 2. The summed E-state index contributed by atoms with van der Waals surface area (Å²) in [4.78, 5) is 11.3. The van der Waals surface area contributed by atoms with Crippen LogP contribution in [0.1, 0.15) is 33.1 Å². The van der Waals surface area contributed by atoms with Crippen molar-refractivity contribution in [1.82, 2.24) is 5.32 Å². The number of rotatable bonds is 7. The van der Waals surface area contributed by atoms with Gasteiger partial charge in [0.15, 0.2) is 0 Å². The minimum Gasteiger partial charge on any atom is -0.350 e. The lowest BCUT2D eigenvalue weighted by atomic mass is 10.1. The van der Waals surface area contributed by atoms with Gasteiger partial charge in [-0.15, -0.1) is 0 Å². The third-order valence-corrected chi connectivity index (χ3v) is 2.84. The predicted octanol–water partition coefficient (Wildman–Crippen LogP) is 1.13. The van der Waals surface area contributed by atoms with Gasteiger partial charge in [-0.2, -0.15) is 8.42 Å². The molecule has 0 saturated carbocycles. The molecule has 0 aliphatic carbocycles. The standard InChI is InChI=1S/C10H19NO4S/c1-4-5-9(6-7-16(13,14)15)11-10(12)8(2)3/h9H,2,4-7H2,1,3H3,(H,11,12)(H,13,14,15). The van der Waals surface area contributed by atoms with E-state index in [-0.39, 0.29) is 24.1 Å². The molecule has 16 heavy (non-hydrogen) atoms. The fourth-order valence-electron chi connectivity index (χ4n) is 1.24. The van der Waals surface area contributed by atoms with E-state index < -0.39 is 10.1 Å². The van der Waals surface area contributed by atoms with Crippen LogP contribution in [0, 0.1) is 0 Å². The monoisotopic (exact) mass is 249 g/mol. The summed E-state index contributed by atoms with van der Waals surface area (Å²) in [6, 6.07) is -0.240. The second kappa shape index (κ2) is 6.65. The van der Waals surface area contributed by atoms with Gasteiger partial charge in [-0.3, -0.25) is 9.35 Å². The molecule has 0 heterocycles. The van der Waals surface area contributed by atoms with Crippen LogP contribution in [0.25, 0.3) is 0 Å². The molecule has 0 aliphatic rings. The van der Waals surface area contributed by atoms with E-state index in [0.717, 1.165) is 6.42 Å². The summed E-state index contributed by atoms with van der Waals surface area (Å²) in [6.45, 7) is 7.02. The number of amides is 1. The topological polar surface area (TPSA) is 83.5 Å². The molecular weight excluding hydrogens is 230 g/mol. The lowest BCUT2D eigenvalue weighted by Gasteiger charge is -2.17. The Balaban J connectivity index is 4.28. The molecule has 6 heteroatoms. The van der Waals surface area contributed by atoms with Crippen LogP contribution in [0.3, 0.4) is 0 Å². The molecule has 0 aromatic rings. The molecule has 1 atom stereocenters. The van der Waals surface area contributed by atoms with Crippen molar-refractivity contribution in [2.75, 3.05) is 5.75 Å². The SMILES string of the molecule is C=C(C)C(=O)NC(CCC)CCS(=O)(=O)O. The zero-order valence-corrected chi connectivity index (χ0v) is 10.5. The summed E-state index contributed by atoms with van der Waals surface area (Å²) < 4.78 is 29.8. The quantitative estimate of drug-likeness (QED) is 0.523. The summed E-state index contributed by atoms with van der Waals surface area (Å²) in [5, 5.41) is 2.68. The van der Waals surface area contributed by atoms with Crippen LogP contribution in [-0.4, -0.2) is 30.7 Å². The average Bonchev–Trinajstić information content (AvgIpc) is 2.13. The van der Waals surface area contributed by atoms with Crippen molar-refractivity contribution in [2.45, 2.75) is 39.2 Å². The van der Waals surface area contributed by atoms with Gasteiger partial charge >= 0.3 is 0 Å². The van der Waals surface area contributed by atoms with Gasteiger partial charge in [0.25, 0.3) is 10.1 Å². The molecule has 0 rings (SSSR count). The summed E-state index contributed by atoms with van der Waals surface area (Å²) in [7, 11) is -3.97. The molecule has 1 unspecified atom stereocenters. The maximum atomic E-state index is 11.3. The van der Waals surface area contributed by atoms with Crippen LogP contribution in [0.2, 0.25) is 0 Å². The molecule has 0 aliphatic heterocycles. The first kappa shape index (κ1) is 15.1. The third kappa shape index (κ3) is 7.42. The van der Waals surface area contributed by atoms with E-state index in [9.17, 15) is 13.2 Å². The molecule has 0 fully saturated rings. The smallest absolute Gasteiger partial charge is 0.264 e. The molecule has 94 valence electrons. The summed E-state index contributed by atoms with van der Waals surface area (Å²) >= 11 is 0. The fourth-order valence-corrected chi connectivity index (χ4v) is 1.82. The summed E-state index contributed by atoms with van der Waals surface area (Å²) in [5.41, 5.74) is 0.382. The van der Waals surface area contributed by atoms with Crippen LogP contribution < -0.4 is 5.32 Å². The van der Waals surface area contributed by atoms with Crippen molar-refractivity contribution in [2.24, 2.45) is 0 Å². The lowest BCUT2D eigenvalue weighted by molar-refractivity contribution is -0.118. The summed E-state index contributed by atoms with van der Waals surface area (Å²) in [6.07, 6.45) is 1.72. The normalized spacial score (nSPS) is 13.2. The highest BCUT2D eigenvalue weighted by Crippen LogP contribution is 2.05. The Kier molecular flexibility index (Phi) is 6.28. The van der Waals surface area contributed by atoms with Gasteiger partial charge in [-0.1, -0.05) is 19.9 Å². The number of nitrogens with one attached hydrogen (secondary N) is 1.